The number of fused-ring (bicyclic) bond motifs is 1. The molecule has 0 nitrogen and oxygen atoms in total. The first-order valence-electron chi connectivity index (χ1n) is 5.73. The molecule has 1 heteroatoms. The smallest absolute Gasteiger partial charge is 0.00497 e. The Morgan fingerprint density at radius 1 is 1.00 bits per heavy atom. The van der Waals surface area contributed by atoms with Crippen molar-refractivity contribution in [3.8, 4) is 0 Å². The standard InChI is InChI=1S/C12H22S/c1-8(2)9-4-10-6-12(13-3)7-11(10)5-9/h8-12H,4-7H2,1-3H3. The van der Waals surface area contributed by atoms with Crippen LogP contribution in [0, 0.1) is 23.7 Å². The van der Waals surface area contributed by atoms with Gasteiger partial charge in [0.15, 0.2) is 0 Å². The van der Waals surface area contributed by atoms with Crippen molar-refractivity contribution < 1.29 is 0 Å². The predicted molar refractivity (Wildman–Crippen MR) is 61.1 cm³/mol. The number of thioether (sulfide) groups is 1. The van der Waals surface area contributed by atoms with Crippen LogP contribution in [0.3, 0.4) is 0 Å². The van der Waals surface area contributed by atoms with Crippen molar-refractivity contribution >= 4 is 11.8 Å². The molecular weight excluding hydrogens is 176 g/mol. The van der Waals surface area contributed by atoms with Crippen LogP contribution < -0.4 is 0 Å². The van der Waals surface area contributed by atoms with Crippen LogP contribution in [0.1, 0.15) is 39.5 Å². The summed E-state index contributed by atoms with van der Waals surface area (Å²) < 4.78 is 0. The summed E-state index contributed by atoms with van der Waals surface area (Å²) in [7, 11) is 0. The maximum atomic E-state index is 2.40. The summed E-state index contributed by atoms with van der Waals surface area (Å²) in [5.74, 6) is 4.19. The van der Waals surface area contributed by atoms with Gasteiger partial charge in [-0.3, -0.25) is 0 Å². The zero-order valence-corrected chi connectivity index (χ0v) is 9.94. The van der Waals surface area contributed by atoms with E-state index in [1.165, 1.54) is 12.8 Å². The molecule has 0 aromatic rings. The van der Waals surface area contributed by atoms with Crippen LogP contribution in [-0.4, -0.2) is 11.5 Å². The Balaban J connectivity index is 1.89. The highest BCUT2D eigenvalue weighted by molar-refractivity contribution is 7.99. The fourth-order valence-electron chi connectivity index (χ4n) is 3.34. The van der Waals surface area contributed by atoms with Gasteiger partial charge in [-0.2, -0.15) is 11.8 Å². The second-order valence-electron chi connectivity index (χ2n) is 5.32. The van der Waals surface area contributed by atoms with Crippen molar-refractivity contribution in [3.05, 3.63) is 0 Å². The minimum Gasteiger partial charge on any atom is -0.162 e. The van der Waals surface area contributed by atoms with Gasteiger partial charge in [0.2, 0.25) is 0 Å². The van der Waals surface area contributed by atoms with Crippen molar-refractivity contribution in [2.45, 2.75) is 44.8 Å². The molecule has 0 bridgehead atoms. The lowest BCUT2D eigenvalue weighted by atomic mass is 9.92. The van der Waals surface area contributed by atoms with Crippen LogP contribution in [0.4, 0.5) is 0 Å². The molecule has 0 saturated heterocycles. The molecule has 2 saturated carbocycles. The topological polar surface area (TPSA) is 0 Å². The van der Waals surface area contributed by atoms with E-state index in [4.69, 9.17) is 0 Å². The molecule has 0 aromatic carbocycles. The summed E-state index contributed by atoms with van der Waals surface area (Å²) in [6.07, 6.45) is 8.41. The van der Waals surface area contributed by atoms with Crippen LogP contribution in [0.15, 0.2) is 0 Å². The SMILES string of the molecule is CSC1CC2CC(C(C)C)CC2C1. The quantitative estimate of drug-likeness (QED) is 0.650. The molecule has 2 fully saturated rings. The van der Waals surface area contributed by atoms with Gasteiger partial charge in [-0.15, -0.1) is 0 Å². The Morgan fingerprint density at radius 2 is 1.54 bits per heavy atom. The van der Waals surface area contributed by atoms with Crippen LogP contribution >= 0.6 is 11.8 Å². The van der Waals surface area contributed by atoms with Crippen molar-refractivity contribution in [1.82, 2.24) is 0 Å². The fourth-order valence-corrected chi connectivity index (χ4v) is 4.22. The van der Waals surface area contributed by atoms with E-state index >= 15 is 0 Å². The summed E-state index contributed by atoms with van der Waals surface area (Å²) in [5.41, 5.74) is 0. The first-order chi connectivity index (χ1) is 6.20. The van der Waals surface area contributed by atoms with Gasteiger partial charge in [0.1, 0.15) is 0 Å². The third-order valence-corrected chi connectivity index (χ3v) is 5.34. The zero-order chi connectivity index (χ0) is 9.42. The molecule has 0 radical (unpaired) electrons. The maximum Gasteiger partial charge on any atom is 0.00497 e. The van der Waals surface area contributed by atoms with E-state index in [1.807, 2.05) is 0 Å². The van der Waals surface area contributed by atoms with Crippen molar-refractivity contribution in [1.29, 1.82) is 0 Å². The Kier molecular flexibility index (Phi) is 2.92. The largest absolute Gasteiger partial charge is 0.162 e. The molecule has 0 aliphatic heterocycles. The van der Waals surface area contributed by atoms with E-state index in [0.717, 1.165) is 28.9 Å². The molecule has 0 aromatic heterocycles. The molecule has 2 atom stereocenters. The normalized spacial score (nSPS) is 44.3. The van der Waals surface area contributed by atoms with Gasteiger partial charge >= 0.3 is 0 Å². The minimum atomic E-state index is 0.929. The van der Waals surface area contributed by atoms with Crippen LogP contribution in [0.2, 0.25) is 0 Å². The molecule has 2 unspecified atom stereocenters. The molecule has 76 valence electrons. The minimum absolute atomic E-state index is 0.929. The van der Waals surface area contributed by atoms with Gasteiger partial charge in [-0.05, 0) is 55.6 Å². The molecule has 0 N–H and O–H groups in total. The highest BCUT2D eigenvalue weighted by atomic mass is 32.2. The molecule has 13 heavy (non-hydrogen) atoms. The lowest BCUT2D eigenvalue weighted by molar-refractivity contribution is 0.368. The van der Waals surface area contributed by atoms with Crippen LogP contribution in [0.5, 0.6) is 0 Å². The average Bonchev–Trinajstić information content (AvgIpc) is 2.58. The summed E-state index contributed by atoms with van der Waals surface area (Å²) in [4.78, 5) is 0. The first-order valence-corrected chi connectivity index (χ1v) is 7.02. The van der Waals surface area contributed by atoms with Crippen molar-refractivity contribution in [3.63, 3.8) is 0 Å². The van der Waals surface area contributed by atoms with Crippen molar-refractivity contribution in [2.24, 2.45) is 23.7 Å². The Hall–Kier alpha value is 0.350. The second-order valence-corrected chi connectivity index (χ2v) is 6.46. The maximum absolute atomic E-state index is 2.40. The molecule has 2 rings (SSSR count). The lowest BCUT2D eigenvalue weighted by Gasteiger charge is -2.16. The highest BCUT2D eigenvalue weighted by Crippen LogP contribution is 2.51. The summed E-state index contributed by atoms with van der Waals surface area (Å²) >= 11 is 2.10. The van der Waals surface area contributed by atoms with E-state index in [-0.39, 0.29) is 0 Å². The van der Waals surface area contributed by atoms with Gasteiger partial charge in [-0.25, -0.2) is 0 Å². The van der Waals surface area contributed by atoms with Gasteiger partial charge < -0.3 is 0 Å². The zero-order valence-electron chi connectivity index (χ0n) is 9.12. The van der Waals surface area contributed by atoms with Gasteiger partial charge in [0.05, 0.1) is 0 Å². The molecule has 2 aliphatic carbocycles. The van der Waals surface area contributed by atoms with E-state index in [0.29, 0.717) is 0 Å². The molecule has 0 heterocycles. The van der Waals surface area contributed by atoms with E-state index in [9.17, 15) is 0 Å². The van der Waals surface area contributed by atoms with Gasteiger partial charge in [-0.1, -0.05) is 13.8 Å². The Morgan fingerprint density at radius 3 is 1.92 bits per heavy atom. The number of hydrogen-bond acceptors (Lipinski definition) is 1. The molecule has 2 aliphatic rings. The van der Waals surface area contributed by atoms with Gasteiger partial charge in [0, 0.05) is 5.25 Å². The number of hydrogen-bond donors (Lipinski definition) is 0. The first kappa shape index (κ1) is 9.89. The summed E-state index contributed by atoms with van der Waals surface area (Å²) in [6, 6.07) is 0. The summed E-state index contributed by atoms with van der Waals surface area (Å²) in [6.45, 7) is 4.80. The lowest BCUT2D eigenvalue weighted by Crippen LogP contribution is -2.07. The van der Waals surface area contributed by atoms with Crippen molar-refractivity contribution in [2.75, 3.05) is 6.26 Å². The monoisotopic (exact) mass is 198 g/mol. The second kappa shape index (κ2) is 3.84. The Bertz CT molecular complexity index is 162. The van der Waals surface area contributed by atoms with Gasteiger partial charge in [0.25, 0.3) is 0 Å². The third-order valence-electron chi connectivity index (χ3n) is 4.29. The van der Waals surface area contributed by atoms with E-state index < -0.39 is 0 Å². The highest BCUT2D eigenvalue weighted by Gasteiger charge is 2.41. The Labute approximate surface area is 86.9 Å². The molecule has 0 spiro atoms. The van der Waals surface area contributed by atoms with E-state index in [2.05, 4.69) is 31.9 Å². The average molecular weight is 198 g/mol. The van der Waals surface area contributed by atoms with Crippen LogP contribution in [0.25, 0.3) is 0 Å². The third kappa shape index (κ3) is 1.91. The van der Waals surface area contributed by atoms with E-state index in [1.54, 1.807) is 12.8 Å². The fraction of sp³-hybridized carbons (Fsp3) is 1.00. The van der Waals surface area contributed by atoms with Crippen LogP contribution in [-0.2, 0) is 0 Å². The summed E-state index contributed by atoms with van der Waals surface area (Å²) in [5, 5.41) is 1.00. The number of rotatable bonds is 2. The molecule has 0 amide bonds. The molecular formula is C12H22S. The predicted octanol–water partition coefficient (Wildman–Crippen LogP) is 3.81.